The van der Waals surface area contributed by atoms with Crippen molar-refractivity contribution in [3.63, 3.8) is 0 Å². The number of hydrogen-bond acceptors (Lipinski definition) is 3. The van der Waals surface area contributed by atoms with E-state index in [9.17, 15) is 4.79 Å². The molecule has 0 saturated carbocycles. The second-order valence-corrected chi connectivity index (χ2v) is 6.09. The number of fused-ring (bicyclic) bond motifs is 1. The number of aromatic carboxylic acids is 1. The molecular weight excluding hydrogens is 302 g/mol. The fourth-order valence-corrected chi connectivity index (χ4v) is 3.17. The van der Waals surface area contributed by atoms with Gasteiger partial charge in [0.25, 0.3) is 0 Å². The van der Waals surface area contributed by atoms with E-state index in [1.165, 1.54) is 24.0 Å². The third-order valence-electron chi connectivity index (χ3n) is 4.52. The van der Waals surface area contributed by atoms with Crippen LogP contribution >= 0.6 is 0 Å². The van der Waals surface area contributed by atoms with E-state index >= 15 is 0 Å². The lowest BCUT2D eigenvalue weighted by Crippen LogP contribution is -2.02. The van der Waals surface area contributed by atoms with Crippen molar-refractivity contribution in [1.82, 2.24) is 15.0 Å². The summed E-state index contributed by atoms with van der Waals surface area (Å²) in [5, 5.41) is 17.4. The van der Waals surface area contributed by atoms with E-state index in [0.29, 0.717) is 0 Å². The Hall–Kier alpha value is -2.95. The molecule has 0 bridgehead atoms. The molecule has 0 unspecified atom stereocenters. The van der Waals surface area contributed by atoms with E-state index < -0.39 is 5.97 Å². The smallest absolute Gasteiger partial charge is 0.335 e. The van der Waals surface area contributed by atoms with Gasteiger partial charge in [0.2, 0.25) is 0 Å². The summed E-state index contributed by atoms with van der Waals surface area (Å²) < 4.78 is 1.67. The van der Waals surface area contributed by atoms with Gasteiger partial charge in [-0.3, -0.25) is 0 Å². The Labute approximate surface area is 139 Å². The van der Waals surface area contributed by atoms with Crippen LogP contribution in [0.15, 0.2) is 48.7 Å². The molecule has 5 nitrogen and oxygen atoms in total. The van der Waals surface area contributed by atoms with Crippen LogP contribution in [-0.4, -0.2) is 26.1 Å². The molecule has 3 aromatic rings. The van der Waals surface area contributed by atoms with Crippen LogP contribution in [-0.2, 0) is 12.8 Å². The van der Waals surface area contributed by atoms with E-state index in [0.717, 1.165) is 29.8 Å². The van der Waals surface area contributed by atoms with Crippen molar-refractivity contribution >= 4 is 5.97 Å². The van der Waals surface area contributed by atoms with Crippen molar-refractivity contribution in [2.24, 2.45) is 0 Å². The lowest BCUT2D eigenvalue weighted by molar-refractivity contribution is 0.0697. The van der Waals surface area contributed by atoms with Crippen molar-refractivity contribution in [2.45, 2.75) is 25.7 Å². The molecule has 0 amide bonds. The van der Waals surface area contributed by atoms with Crippen molar-refractivity contribution < 1.29 is 9.90 Å². The number of carboxylic acids is 1. The summed E-state index contributed by atoms with van der Waals surface area (Å²) in [6.07, 6.45) is 6.69. The van der Waals surface area contributed by atoms with Crippen molar-refractivity contribution in [2.75, 3.05) is 0 Å². The van der Waals surface area contributed by atoms with Gasteiger partial charge in [-0.25, -0.2) is 9.48 Å². The molecule has 4 rings (SSSR count). The predicted molar refractivity (Wildman–Crippen MR) is 90.4 cm³/mol. The number of carbonyl (C=O) groups is 1. The Balaban J connectivity index is 1.64. The molecule has 1 aromatic heterocycles. The van der Waals surface area contributed by atoms with Gasteiger partial charge in [-0.15, -0.1) is 5.10 Å². The average molecular weight is 319 g/mol. The number of hydrogen-bond donors (Lipinski definition) is 1. The zero-order valence-corrected chi connectivity index (χ0v) is 13.1. The number of benzene rings is 2. The van der Waals surface area contributed by atoms with E-state index in [4.69, 9.17) is 5.11 Å². The maximum Gasteiger partial charge on any atom is 0.335 e. The largest absolute Gasteiger partial charge is 0.478 e. The molecular formula is C19H17N3O2. The van der Waals surface area contributed by atoms with Gasteiger partial charge in [-0.2, -0.15) is 0 Å². The van der Waals surface area contributed by atoms with Gasteiger partial charge in [0.1, 0.15) is 5.69 Å². The molecule has 1 N–H and O–H groups in total. The minimum absolute atomic E-state index is 0.258. The van der Waals surface area contributed by atoms with Crippen molar-refractivity contribution in [1.29, 1.82) is 0 Å². The highest BCUT2D eigenvalue weighted by molar-refractivity contribution is 5.87. The molecule has 1 heterocycles. The maximum absolute atomic E-state index is 10.9. The highest BCUT2D eigenvalue weighted by Gasteiger charge is 2.12. The summed E-state index contributed by atoms with van der Waals surface area (Å²) in [6.45, 7) is 0. The standard InChI is InChI=1S/C19H17N3O2/c23-19(24)14-7-9-17(10-8-14)22-12-18(20-21-22)16-6-5-13-3-1-2-4-15(13)11-16/h5-12H,1-4H2,(H,23,24). The fourth-order valence-electron chi connectivity index (χ4n) is 3.17. The lowest BCUT2D eigenvalue weighted by Gasteiger charge is -2.15. The summed E-state index contributed by atoms with van der Waals surface area (Å²) >= 11 is 0. The molecule has 0 fully saturated rings. The summed E-state index contributed by atoms with van der Waals surface area (Å²) in [7, 11) is 0. The predicted octanol–water partition coefficient (Wildman–Crippen LogP) is 3.51. The van der Waals surface area contributed by atoms with Crippen LogP contribution in [0.1, 0.15) is 34.3 Å². The Morgan fingerprint density at radius 3 is 2.50 bits per heavy atom. The van der Waals surface area contributed by atoms with Crippen LogP contribution in [0.2, 0.25) is 0 Å². The van der Waals surface area contributed by atoms with Crippen LogP contribution in [0, 0.1) is 0 Å². The molecule has 1 aliphatic rings. The molecule has 0 aliphatic heterocycles. The van der Waals surface area contributed by atoms with Gasteiger partial charge in [0.15, 0.2) is 0 Å². The number of aryl methyl sites for hydroxylation is 2. The summed E-state index contributed by atoms with van der Waals surface area (Å²) in [5.41, 5.74) is 5.81. The summed E-state index contributed by atoms with van der Waals surface area (Å²) in [5.74, 6) is -0.935. The number of nitrogens with zero attached hydrogens (tertiary/aromatic N) is 3. The molecule has 0 spiro atoms. The molecule has 0 radical (unpaired) electrons. The first-order chi connectivity index (χ1) is 11.7. The highest BCUT2D eigenvalue weighted by atomic mass is 16.4. The third kappa shape index (κ3) is 2.69. The van der Waals surface area contributed by atoms with Crippen molar-refractivity contribution in [3.8, 4) is 16.9 Å². The van der Waals surface area contributed by atoms with Gasteiger partial charge in [-0.1, -0.05) is 17.3 Å². The second-order valence-electron chi connectivity index (χ2n) is 6.09. The van der Waals surface area contributed by atoms with Gasteiger partial charge in [0.05, 0.1) is 17.4 Å². The van der Waals surface area contributed by atoms with Gasteiger partial charge in [-0.05, 0) is 67.1 Å². The molecule has 0 saturated heterocycles. The van der Waals surface area contributed by atoms with Crippen LogP contribution in [0.5, 0.6) is 0 Å². The fraction of sp³-hybridized carbons (Fsp3) is 0.211. The Morgan fingerprint density at radius 2 is 1.75 bits per heavy atom. The highest BCUT2D eigenvalue weighted by Crippen LogP contribution is 2.26. The molecule has 1 aliphatic carbocycles. The normalized spacial score (nSPS) is 13.5. The average Bonchev–Trinajstić information content (AvgIpc) is 3.11. The lowest BCUT2D eigenvalue weighted by atomic mass is 9.90. The van der Waals surface area contributed by atoms with E-state index in [2.05, 4.69) is 28.5 Å². The van der Waals surface area contributed by atoms with Crippen LogP contribution in [0.4, 0.5) is 0 Å². The zero-order chi connectivity index (χ0) is 16.5. The quantitative estimate of drug-likeness (QED) is 0.802. The molecule has 5 heteroatoms. The molecule has 0 atom stereocenters. The van der Waals surface area contributed by atoms with E-state index in [1.807, 2.05) is 6.20 Å². The van der Waals surface area contributed by atoms with Gasteiger partial charge >= 0.3 is 5.97 Å². The van der Waals surface area contributed by atoms with Gasteiger partial charge in [0, 0.05) is 5.56 Å². The first-order valence-electron chi connectivity index (χ1n) is 8.09. The summed E-state index contributed by atoms with van der Waals surface area (Å²) in [6, 6.07) is 13.1. The SMILES string of the molecule is O=C(O)c1ccc(-n2cc(-c3ccc4c(c3)CCCC4)nn2)cc1. The van der Waals surface area contributed by atoms with Gasteiger partial charge < -0.3 is 5.11 Å². The monoisotopic (exact) mass is 319 g/mol. The minimum atomic E-state index is -0.935. The maximum atomic E-state index is 10.9. The summed E-state index contributed by atoms with van der Waals surface area (Å²) in [4.78, 5) is 10.9. The van der Waals surface area contributed by atoms with Crippen molar-refractivity contribution in [3.05, 3.63) is 65.4 Å². The number of carboxylic acid groups (broad SMARTS) is 1. The number of rotatable bonds is 3. The van der Waals surface area contributed by atoms with Crippen LogP contribution < -0.4 is 0 Å². The first-order valence-corrected chi connectivity index (χ1v) is 8.09. The molecule has 120 valence electrons. The zero-order valence-electron chi connectivity index (χ0n) is 13.1. The molecule has 24 heavy (non-hydrogen) atoms. The molecule has 2 aromatic carbocycles. The Kier molecular flexibility index (Phi) is 3.61. The first kappa shape index (κ1) is 14.6. The van der Waals surface area contributed by atoms with E-state index in [1.54, 1.807) is 28.9 Å². The third-order valence-corrected chi connectivity index (χ3v) is 4.52. The topological polar surface area (TPSA) is 68.0 Å². The Bertz CT molecular complexity index is 897. The number of aromatic nitrogens is 3. The van der Waals surface area contributed by atoms with E-state index in [-0.39, 0.29) is 5.56 Å². The Morgan fingerprint density at radius 1 is 1.00 bits per heavy atom. The van der Waals surface area contributed by atoms with Crippen LogP contribution in [0.25, 0.3) is 16.9 Å². The second kappa shape index (κ2) is 5.92. The van der Waals surface area contributed by atoms with Crippen LogP contribution in [0.3, 0.4) is 0 Å². The minimum Gasteiger partial charge on any atom is -0.478 e.